The fourth-order valence-electron chi connectivity index (χ4n) is 3.16. The molecule has 1 amide bonds. The van der Waals surface area contributed by atoms with Crippen LogP contribution in [0.15, 0.2) is 65.5 Å². The molecular weight excluding hydrogens is 428 g/mol. The summed E-state index contributed by atoms with van der Waals surface area (Å²) in [7, 11) is 0. The van der Waals surface area contributed by atoms with Gasteiger partial charge in [-0.1, -0.05) is 35.3 Å². The maximum absolute atomic E-state index is 14.4. The summed E-state index contributed by atoms with van der Waals surface area (Å²) in [6.45, 7) is 1.68. The second kappa shape index (κ2) is 7.89. The summed E-state index contributed by atoms with van der Waals surface area (Å²) in [5, 5.41) is 3.42. The number of carbonyl (C=O) groups is 1. The zero-order valence-electron chi connectivity index (χ0n) is 15.6. The molecule has 0 aliphatic rings. The number of fused-ring (bicyclic) bond motifs is 1. The van der Waals surface area contributed by atoms with Crippen LogP contribution in [-0.2, 0) is 0 Å². The molecule has 1 N–H and O–H groups in total. The summed E-state index contributed by atoms with van der Waals surface area (Å²) in [6, 6.07) is 15.4. The average molecular weight is 442 g/mol. The first kappa shape index (κ1) is 20.1. The van der Waals surface area contributed by atoms with E-state index in [1.54, 1.807) is 37.3 Å². The number of nitrogens with zero attached hydrogens (tertiary/aromatic N) is 2. The number of hydrogen-bond acceptors (Lipinski definition) is 3. The average Bonchev–Trinajstić information content (AvgIpc) is 2.72. The minimum Gasteiger partial charge on any atom is -0.319 e. The Hall–Kier alpha value is -3.22. The Morgan fingerprint density at radius 3 is 2.63 bits per heavy atom. The lowest BCUT2D eigenvalue weighted by molar-refractivity contribution is 0.102. The Morgan fingerprint density at radius 1 is 1.07 bits per heavy atom. The molecule has 30 heavy (non-hydrogen) atoms. The van der Waals surface area contributed by atoms with Crippen molar-refractivity contribution in [3.8, 4) is 5.69 Å². The number of aromatic nitrogens is 2. The van der Waals surface area contributed by atoms with E-state index >= 15 is 0 Å². The van der Waals surface area contributed by atoms with Gasteiger partial charge in [-0.25, -0.2) is 9.37 Å². The predicted molar refractivity (Wildman–Crippen MR) is 116 cm³/mol. The topological polar surface area (TPSA) is 64.0 Å². The van der Waals surface area contributed by atoms with E-state index in [-0.39, 0.29) is 21.8 Å². The Balaban J connectivity index is 1.78. The maximum atomic E-state index is 14.4. The highest BCUT2D eigenvalue weighted by Crippen LogP contribution is 2.24. The molecule has 1 aromatic heterocycles. The van der Waals surface area contributed by atoms with Gasteiger partial charge in [0.2, 0.25) is 0 Å². The summed E-state index contributed by atoms with van der Waals surface area (Å²) in [5.41, 5.74) is 0.648. The summed E-state index contributed by atoms with van der Waals surface area (Å²) in [5.74, 6) is -0.857. The third kappa shape index (κ3) is 3.67. The molecule has 0 unspecified atom stereocenters. The molecule has 0 radical (unpaired) electrons. The van der Waals surface area contributed by atoms with Gasteiger partial charge >= 0.3 is 0 Å². The normalized spacial score (nSPS) is 10.9. The van der Waals surface area contributed by atoms with Crippen LogP contribution in [0.3, 0.4) is 0 Å². The third-order valence-corrected chi connectivity index (χ3v) is 5.14. The first-order chi connectivity index (χ1) is 14.3. The molecule has 150 valence electrons. The SMILES string of the molecule is Cc1nc2ccccc2c(=O)n1-c1ccc(F)c(NC(=O)c2cc(Cl)ccc2Cl)c1. The van der Waals surface area contributed by atoms with Crippen molar-refractivity contribution in [1.82, 2.24) is 9.55 Å². The first-order valence-corrected chi connectivity index (χ1v) is 9.65. The van der Waals surface area contributed by atoms with Gasteiger partial charge in [0.1, 0.15) is 11.6 Å². The molecule has 0 spiro atoms. The van der Waals surface area contributed by atoms with Crippen molar-refractivity contribution in [2.24, 2.45) is 0 Å². The summed E-state index contributed by atoms with van der Waals surface area (Å²) >= 11 is 12.0. The van der Waals surface area contributed by atoms with Crippen LogP contribution in [0.25, 0.3) is 16.6 Å². The highest BCUT2D eigenvalue weighted by molar-refractivity contribution is 6.36. The van der Waals surface area contributed by atoms with Gasteiger partial charge in [-0.2, -0.15) is 0 Å². The number of amides is 1. The smallest absolute Gasteiger partial charge is 0.265 e. The zero-order chi connectivity index (χ0) is 21.4. The number of para-hydroxylation sites is 1. The van der Waals surface area contributed by atoms with Crippen molar-refractivity contribution in [2.75, 3.05) is 5.32 Å². The van der Waals surface area contributed by atoms with Crippen molar-refractivity contribution in [2.45, 2.75) is 6.92 Å². The molecule has 4 rings (SSSR count). The standard InChI is InChI=1S/C22H14Cl2FN3O2/c1-12-26-19-5-3-2-4-15(19)22(30)28(12)14-7-9-18(25)20(11-14)27-21(29)16-10-13(23)6-8-17(16)24/h2-11H,1H3,(H,27,29). The van der Waals surface area contributed by atoms with Crippen LogP contribution >= 0.6 is 23.2 Å². The van der Waals surface area contributed by atoms with E-state index in [0.29, 0.717) is 27.4 Å². The van der Waals surface area contributed by atoms with Crippen LogP contribution in [0.1, 0.15) is 16.2 Å². The minimum atomic E-state index is -0.662. The number of aryl methyl sites for hydroxylation is 1. The molecule has 0 aliphatic carbocycles. The molecule has 0 atom stereocenters. The summed E-state index contributed by atoms with van der Waals surface area (Å²) in [6.07, 6.45) is 0. The fourth-order valence-corrected chi connectivity index (χ4v) is 3.53. The lowest BCUT2D eigenvalue weighted by atomic mass is 10.2. The number of benzene rings is 3. The molecule has 1 heterocycles. The van der Waals surface area contributed by atoms with Crippen molar-refractivity contribution in [1.29, 1.82) is 0 Å². The fraction of sp³-hybridized carbons (Fsp3) is 0.0455. The van der Waals surface area contributed by atoms with E-state index in [1.807, 2.05) is 0 Å². The molecule has 8 heteroatoms. The van der Waals surface area contributed by atoms with Gasteiger partial charge < -0.3 is 5.32 Å². The van der Waals surface area contributed by atoms with Gasteiger partial charge in [0, 0.05) is 5.02 Å². The molecule has 3 aromatic carbocycles. The number of rotatable bonds is 3. The molecule has 4 aromatic rings. The Morgan fingerprint density at radius 2 is 1.83 bits per heavy atom. The lowest BCUT2D eigenvalue weighted by Gasteiger charge is -2.13. The molecule has 0 saturated heterocycles. The van der Waals surface area contributed by atoms with E-state index in [1.165, 1.54) is 34.9 Å². The van der Waals surface area contributed by atoms with Gasteiger partial charge in [0.25, 0.3) is 11.5 Å². The second-order valence-corrected chi connectivity index (χ2v) is 7.40. The van der Waals surface area contributed by atoms with E-state index < -0.39 is 11.7 Å². The Bertz CT molecular complexity index is 1370. The Kier molecular flexibility index (Phi) is 5.28. The minimum absolute atomic E-state index is 0.104. The molecule has 0 aliphatic heterocycles. The van der Waals surface area contributed by atoms with Crippen LogP contribution in [-0.4, -0.2) is 15.5 Å². The third-order valence-electron chi connectivity index (χ3n) is 4.57. The molecule has 0 bridgehead atoms. The largest absolute Gasteiger partial charge is 0.319 e. The van der Waals surface area contributed by atoms with E-state index in [0.717, 1.165) is 0 Å². The van der Waals surface area contributed by atoms with Crippen LogP contribution < -0.4 is 10.9 Å². The predicted octanol–water partition coefficient (Wildman–Crippen LogP) is 5.39. The van der Waals surface area contributed by atoms with Crippen molar-refractivity contribution < 1.29 is 9.18 Å². The molecule has 5 nitrogen and oxygen atoms in total. The van der Waals surface area contributed by atoms with Gasteiger partial charge in [-0.05, 0) is 55.5 Å². The number of halogens is 3. The van der Waals surface area contributed by atoms with Gasteiger partial charge in [-0.3, -0.25) is 14.2 Å². The van der Waals surface area contributed by atoms with Gasteiger partial charge in [0.15, 0.2) is 0 Å². The van der Waals surface area contributed by atoms with Crippen LogP contribution in [0.5, 0.6) is 0 Å². The van der Waals surface area contributed by atoms with Crippen LogP contribution in [0, 0.1) is 12.7 Å². The molecular formula is C22H14Cl2FN3O2. The molecule has 0 fully saturated rings. The second-order valence-electron chi connectivity index (χ2n) is 6.56. The summed E-state index contributed by atoms with van der Waals surface area (Å²) < 4.78 is 15.8. The van der Waals surface area contributed by atoms with Gasteiger partial charge in [-0.15, -0.1) is 0 Å². The van der Waals surface area contributed by atoms with Crippen molar-refractivity contribution in [3.05, 3.63) is 98.3 Å². The number of nitrogens with one attached hydrogen (secondary N) is 1. The first-order valence-electron chi connectivity index (χ1n) is 8.90. The number of anilines is 1. The van der Waals surface area contributed by atoms with E-state index in [2.05, 4.69) is 10.3 Å². The van der Waals surface area contributed by atoms with Gasteiger partial charge in [0.05, 0.1) is 32.9 Å². The van der Waals surface area contributed by atoms with E-state index in [4.69, 9.17) is 23.2 Å². The zero-order valence-corrected chi connectivity index (χ0v) is 17.1. The lowest BCUT2D eigenvalue weighted by Crippen LogP contribution is -2.22. The number of hydrogen-bond donors (Lipinski definition) is 1. The number of carbonyl (C=O) groups excluding carboxylic acids is 1. The summed E-state index contributed by atoms with van der Waals surface area (Å²) in [4.78, 5) is 30.0. The van der Waals surface area contributed by atoms with E-state index in [9.17, 15) is 14.0 Å². The Labute approximate surface area is 180 Å². The highest BCUT2D eigenvalue weighted by atomic mass is 35.5. The monoisotopic (exact) mass is 441 g/mol. The van der Waals surface area contributed by atoms with Crippen LogP contribution in [0.2, 0.25) is 10.0 Å². The quantitative estimate of drug-likeness (QED) is 0.463. The molecule has 0 saturated carbocycles. The van der Waals surface area contributed by atoms with Crippen molar-refractivity contribution >= 4 is 45.7 Å². The highest BCUT2D eigenvalue weighted by Gasteiger charge is 2.16. The van der Waals surface area contributed by atoms with Crippen LogP contribution in [0.4, 0.5) is 10.1 Å². The van der Waals surface area contributed by atoms with Crippen molar-refractivity contribution in [3.63, 3.8) is 0 Å². The maximum Gasteiger partial charge on any atom is 0.265 e.